The fraction of sp³-hybridized carbons (Fsp3) is 0.500. The Labute approximate surface area is 237 Å². The molecule has 4 unspecified atom stereocenters. The highest BCUT2D eigenvalue weighted by Crippen LogP contribution is 2.19. The van der Waals surface area contributed by atoms with Crippen LogP contribution in [0.1, 0.15) is 37.7 Å². The number of nitrogens with one attached hydrogen (secondary N) is 4. The van der Waals surface area contributed by atoms with E-state index >= 15 is 0 Å². The van der Waals surface area contributed by atoms with Crippen LogP contribution in [0.4, 0.5) is 0 Å². The first-order valence-electron chi connectivity index (χ1n) is 13.4. The summed E-state index contributed by atoms with van der Waals surface area (Å²) in [6.07, 6.45) is 3.61. The minimum Gasteiger partial charge on any atom is -0.480 e. The molecule has 0 aliphatic heterocycles. The number of fused-ring (bicyclic) bond motifs is 1. The SMILES string of the molecule is NCCCCC(NC(=O)C(CCCN=C(N)N)NC(=O)C(N)Cc1c[nH]c2ccccc12)C(=O)NC(CO)C(=O)O. The topological polar surface area (TPSA) is 277 Å². The van der Waals surface area contributed by atoms with E-state index in [-0.39, 0.29) is 31.8 Å². The number of carbonyl (C=O) groups is 4. The number of hydrogen-bond donors (Lipinski definition) is 10. The number of para-hydroxylation sites is 1. The van der Waals surface area contributed by atoms with E-state index < -0.39 is 54.5 Å². The van der Waals surface area contributed by atoms with Gasteiger partial charge in [0.25, 0.3) is 0 Å². The summed E-state index contributed by atoms with van der Waals surface area (Å²) in [5.41, 5.74) is 24.2. The van der Waals surface area contributed by atoms with E-state index in [9.17, 15) is 29.4 Å². The number of rotatable bonds is 18. The minimum atomic E-state index is -1.55. The molecule has 0 spiro atoms. The van der Waals surface area contributed by atoms with Gasteiger partial charge in [-0.1, -0.05) is 18.2 Å². The van der Waals surface area contributed by atoms with Crippen molar-refractivity contribution < 1.29 is 29.4 Å². The number of guanidine groups is 1. The first-order valence-corrected chi connectivity index (χ1v) is 13.4. The summed E-state index contributed by atoms with van der Waals surface area (Å²) in [4.78, 5) is 57.5. The van der Waals surface area contributed by atoms with E-state index in [0.717, 1.165) is 16.5 Å². The monoisotopic (exact) mass is 575 g/mol. The van der Waals surface area contributed by atoms with E-state index in [1.165, 1.54) is 0 Å². The van der Waals surface area contributed by atoms with E-state index in [0.29, 0.717) is 25.8 Å². The van der Waals surface area contributed by atoms with Crippen LogP contribution in [0.5, 0.6) is 0 Å². The molecule has 14 N–H and O–H groups in total. The van der Waals surface area contributed by atoms with Gasteiger partial charge in [0, 0.05) is 23.6 Å². The molecule has 0 fully saturated rings. The zero-order valence-corrected chi connectivity index (χ0v) is 22.8. The second-order valence-electron chi connectivity index (χ2n) is 9.61. The molecule has 0 saturated heterocycles. The lowest BCUT2D eigenvalue weighted by Gasteiger charge is -2.25. The van der Waals surface area contributed by atoms with Gasteiger partial charge in [-0.25, -0.2) is 4.79 Å². The largest absolute Gasteiger partial charge is 0.480 e. The molecule has 4 atom stereocenters. The summed E-state index contributed by atoms with van der Waals surface area (Å²) in [6, 6.07) is 2.81. The number of hydrogen-bond acceptors (Lipinski definition) is 8. The maximum atomic E-state index is 13.3. The number of aliphatic carboxylic acids is 1. The normalized spacial score (nSPS) is 13.9. The molecule has 15 heteroatoms. The molecule has 1 aromatic carbocycles. The van der Waals surface area contributed by atoms with E-state index in [1.54, 1.807) is 6.20 Å². The number of H-pyrrole nitrogens is 1. The molecular weight excluding hydrogens is 534 g/mol. The van der Waals surface area contributed by atoms with Gasteiger partial charge in [-0.15, -0.1) is 0 Å². The van der Waals surface area contributed by atoms with E-state index in [1.807, 2.05) is 24.3 Å². The third-order valence-corrected chi connectivity index (χ3v) is 6.41. The van der Waals surface area contributed by atoms with Crippen molar-refractivity contribution in [2.45, 2.75) is 62.7 Å². The van der Waals surface area contributed by atoms with E-state index in [2.05, 4.69) is 25.9 Å². The van der Waals surface area contributed by atoms with Crippen molar-refractivity contribution in [3.8, 4) is 0 Å². The van der Waals surface area contributed by atoms with Crippen LogP contribution in [0.2, 0.25) is 0 Å². The average molecular weight is 576 g/mol. The van der Waals surface area contributed by atoms with Crippen molar-refractivity contribution in [2.24, 2.45) is 27.9 Å². The first kappa shape index (κ1) is 33.0. The number of carbonyl (C=O) groups excluding carboxylic acids is 3. The summed E-state index contributed by atoms with van der Waals surface area (Å²) in [7, 11) is 0. The molecular formula is C26H41N9O6. The smallest absolute Gasteiger partial charge is 0.328 e. The standard InChI is InChI=1S/C26H41N9O6/c27-10-4-3-8-19(24(39)35-21(14-36)25(40)41)34-23(38)20(9-5-11-31-26(29)30)33-22(37)17(28)12-15-13-32-18-7-2-1-6-16(15)18/h1-2,6-7,13,17,19-21,32,36H,3-5,8-12,14,27-28H2,(H,33,37)(H,34,38)(H,35,39)(H,40,41)(H4,29,30,31). The van der Waals surface area contributed by atoms with Gasteiger partial charge >= 0.3 is 5.97 Å². The van der Waals surface area contributed by atoms with Crippen LogP contribution < -0.4 is 38.9 Å². The molecule has 0 radical (unpaired) electrons. The molecule has 0 bridgehead atoms. The van der Waals surface area contributed by atoms with Crippen LogP contribution in [0, 0.1) is 0 Å². The summed E-state index contributed by atoms with van der Waals surface area (Å²) in [5.74, 6) is -3.59. The summed E-state index contributed by atoms with van der Waals surface area (Å²) in [5, 5.41) is 26.9. The second-order valence-corrected chi connectivity index (χ2v) is 9.61. The molecule has 1 heterocycles. The van der Waals surface area contributed by atoms with Crippen molar-refractivity contribution in [3.05, 3.63) is 36.0 Å². The number of benzene rings is 1. The highest BCUT2D eigenvalue weighted by Gasteiger charge is 2.30. The van der Waals surface area contributed by atoms with Crippen LogP contribution in [0.25, 0.3) is 10.9 Å². The molecule has 41 heavy (non-hydrogen) atoms. The number of aromatic amines is 1. The average Bonchev–Trinajstić information content (AvgIpc) is 3.34. The van der Waals surface area contributed by atoms with Crippen molar-refractivity contribution in [1.82, 2.24) is 20.9 Å². The molecule has 0 aliphatic rings. The molecule has 226 valence electrons. The van der Waals surface area contributed by atoms with Crippen LogP contribution in [-0.4, -0.2) is 88.7 Å². The Hall–Kier alpha value is -4.21. The van der Waals surface area contributed by atoms with Gasteiger partial charge in [-0.3, -0.25) is 19.4 Å². The maximum Gasteiger partial charge on any atom is 0.328 e. The molecule has 3 amide bonds. The highest BCUT2D eigenvalue weighted by molar-refractivity contribution is 5.94. The number of unbranched alkanes of at least 4 members (excludes halogenated alkanes) is 1. The Morgan fingerprint density at radius 3 is 2.12 bits per heavy atom. The third kappa shape index (κ3) is 10.7. The zero-order valence-electron chi connectivity index (χ0n) is 22.8. The number of aliphatic hydroxyl groups excluding tert-OH is 1. The van der Waals surface area contributed by atoms with Crippen LogP contribution >= 0.6 is 0 Å². The number of carboxylic acid groups (broad SMARTS) is 1. The van der Waals surface area contributed by atoms with Crippen molar-refractivity contribution in [3.63, 3.8) is 0 Å². The number of nitrogens with zero attached hydrogens (tertiary/aromatic N) is 1. The predicted octanol–water partition coefficient (Wildman–Crippen LogP) is -2.25. The molecule has 2 aromatic rings. The quantitative estimate of drug-likeness (QED) is 0.0518. The van der Waals surface area contributed by atoms with Crippen molar-refractivity contribution >= 4 is 40.6 Å². The van der Waals surface area contributed by atoms with Gasteiger partial charge in [0.2, 0.25) is 17.7 Å². The van der Waals surface area contributed by atoms with Gasteiger partial charge in [0.1, 0.15) is 18.1 Å². The zero-order chi connectivity index (χ0) is 30.4. The summed E-state index contributed by atoms with van der Waals surface area (Å²) >= 11 is 0. The Kier molecular flexibility index (Phi) is 13.5. The molecule has 0 saturated carbocycles. The van der Waals surface area contributed by atoms with Gasteiger partial charge in [0.05, 0.1) is 12.6 Å². The third-order valence-electron chi connectivity index (χ3n) is 6.41. The summed E-state index contributed by atoms with van der Waals surface area (Å²) in [6.45, 7) is -0.280. The predicted molar refractivity (Wildman–Crippen MR) is 153 cm³/mol. The Bertz CT molecular complexity index is 1200. The lowest BCUT2D eigenvalue weighted by atomic mass is 10.0. The van der Waals surface area contributed by atoms with Gasteiger partial charge in [0.15, 0.2) is 5.96 Å². The fourth-order valence-corrected chi connectivity index (χ4v) is 4.17. The molecule has 0 aliphatic carbocycles. The van der Waals surface area contributed by atoms with Crippen LogP contribution in [0.3, 0.4) is 0 Å². The van der Waals surface area contributed by atoms with Crippen LogP contribution in [0.15, 0.2) is 35.5 Å². The number of carboxylic acids is 1. The maximum absolute atomic E-state index is 13.3. The van der Waals surface area contributed by atoms with Crippen molar-refractivity contribution in [2.75, 3.05) is 19.7 Å². The fourth-order valence-electron chi connectivity index (χ4n) is 4.17. The number of aliphatic imine (C=N–C) groups is 1. The van der Waals surface area contributed by atoms with Gasteiger partial charge < -0.3 is 54.1 Å². The van der Waals surface area contributed by atoms with Crippen LogP contribution in [-0.2, 0) is 25.6 Å². The minimum absolute atomic E-state index is 0.121. The number of amides is 3. The van der Waals surface area contributed by atoms with Gasteiger partial charge in [-0.2, -0.15) is 0 Å². The summed E-state index contributed by atoms with van der Waals surface area (Å²) < 4.78 is 0. The Morgan fingerprint density at radius 2 is 1.51 bits per heavy atom. The molecule has 2 rings (SSSR count). The van der Waals surface area contributed by atoms with Crippen molar-refractivity contribution in [1.29, 1.82) is 0 Å². The lowest BCUT2D eigenvalue weighted by molar-refractivity contribution is -0.143. The molecule has 1 aromatic heterocycles. The Morgan fingerprint density at radius 1 is 0.902 bits per heavy atom. The lowest BCUT2D eigenvalue weighted by Crippen LogP contribution is -2.57. The Balaban J connectivity index is 2.16. The number of aromatic nitrogens is 1. The first-order chi connectivity index (χ1) is 19.6. The number of nitrogens with two attached hydrogens (primary N) is 4. The second kappa shape index (κ2) is 16.8. The van der Waals surface area contributed by atoms with E-state index in [4.69, 9.17) is 22.9 Å². The highest BCUT2D eigenvalue weighted by atomic mass is 16.4. The van der Waals surface area contributed by atoms with Gasteiger partial charge in [-0.05, 0) is 56.7 Å². The molecule has 15 nitrogen and oxygen atoms in total. The number of aliphatic hydroxyl groups is 1.